The van der Waals surface area contributed by atoms with Crippen LogP contribution in [0.3, 0.4) is 0 Å². The SMILES string of the molecule is O=C1c2ccccc2CN1Cc1ccc(C2=CCN=C2C(F)(F)F)cc1F. The molecule has 0 radical (unpaired) electrons. The maximum atomic E-state index is 14.6. The maximum Gasteiger partial charge on any atom is 0.433 e. The Kier molecular flexibility index (Phi) is 4.09. The Morgan fingerprint density at radius 2 is 1.89 bits per heavy atom. The van der Waals surface area contributed by atoms with Gasteiger partial charge in [0.1, 0.15) is 11.5 Å². The lowest BCUT2D eigenvalue weighted by Gasteiger charge is -2.17. The number of rotatable bonds is 3. The van der Waals surface area contributed by atoms with Crippen LogP contribution in [-0.4, -0.2) is 29.2 Å². The zero-order valence-corrected chi connectivity index (χ0v) is 14.1. The van der Waals surface area contributed by atoms with Gasteiger partial charge in [-0.3, -0.25) is 9.79 Å². The van der Waals surface area contributed by atoms with E-state index in [9.17, 15) is 22.4 Å². The highest BCUT2D eigenvalue weighted by molar-refractivity contribution is 6.27. The second-order valence-corrected chi connectivity index (χ2v) is 6.43. The Labute approximate surface area is 152 Å². The van der Waals surface area contributed by atoms with E-state index in [0.29, 0.717) is 12.1 Å². The molecule has 2 aromatic carbocycles. The van der Waals surface area contributed by atoms with Crippen LogP contribution in [0.2, 0.25) is 0 Å². The minimum Gasteiger partial charge on any atom is -0.330 e. The van der Waals surface area contributed by atoms with Crippen molar-refractivity contribution in [2.45, 2.75) is 19.3 Å². The first-order valence-electron chi connectivity index (χ1n) is 8.33. The average Bonchev–Trinajstić information content (AvgIpc) is 3.23. The number of hydrogen-bond donors (Lipinski definition) is 0. The molecule has 4 rings (SSSR count). The van der Waals surface area contributed by atoms with Gasteiger partial charge in [-0.2, -0.15) is 13.2 Å². The number of aliphatic imine (C=N–C) groups is 1. The largest absolute Gasteiger partial charge is 0.433 e. The summed E-state index contributed by atoms with van der Waals surface area (Å²) in [4.78, 5) is 17.4. The molecule has 0 bridgehead atoms. The summed E-state index contributed by atoms with van der Waals surface area (Å²) in [6.07, 6.45) is -3.25. The van der Waals surface area contributed by atoms with Crippen molar-refractivity contribution in [1.82, 2.24) is 4.90 Å². The van der Waals surface area contributed by atoms with Crippen LogP contribution in [0.25, 0.3) is 5.57 Å². The lowest BCUT2D eigenvalue weighted by molar-refractivity contribution is -0.0571. The number of carbonyl (C=O) groups excluding carboxylic acids is 1. The van der Waals surface area contributed by atoms with Crippen LogP contribution in [0.4, 0.5) is 17.6 Å². The van der Waals surface area contributed by atoms with E-state index in [1.165, 1.54) is 23.1 Å². The smallest absolute Gasteiger partial charge is 0.330 e. The Morgan fingerprint density at radius 3 is 2.59 bits per heavy atom. The third kappa shape index (κ3) is 3.13. The van der Waals surface area contributed by atoms with Crippen molar-refractivity contribution in [2.24, 2.45) is 4.99 Å². The van der Waals surface area contributed by atoms with E-state index in [4.69, 9.17) is 0 Å². The Hall–Kier alpha value is -2.96. The molecule has 0 aromatic heterocycles. The maximum absolute atomic E-state index is 14.6. The van der Waals surface area contributed by atoms with Gasteiger partial charge in [0.15, 0.2) is 0 Å². The summed E-state index contributed by atoms with van der Waals surface area (Å²) in [5.74, 6) is -0.829. The van der Waals surface area contributed by atoms with Crippen molar-refractivity contribution in [1.29, 1.82) is 0 Å². The summed E-state index contributed by atoms with van der Waals surface area (Å²) >= 11 is 0. The fourth-order valence-electron chi connectivity index (χ4n) is 3.40. The normalized spacial score (nSPS) is 16.4. The van der Waals surface area contributed by atoms with E-state index in [1.807, 2.05) is 12.1 Å². The summed E-state index contributed by atoms with van der Waals surface area (Å²) in [6, 6.07) is 11.1. The summed E-state index contributed by atoms with van der Waals surface area (Å²) in [7, 11) is 0. The lowest BCUT2D eigenvalue weighted by atomic mass is 9.99. The molecule has 0 atom stereocenters. The highest BCUT2D eigenvalue weighted by atomic mass is 19.4. The zero-order valence-electron chi connectivity index (χ0n) is 14.1. The average molecular weight is 374 g/mol. The molecule has 0 fully saturated rings. The third-order valence-electron chi connectivity index (χ3n) is 4.69. The molecular formula is C20H14F4N2O. The number of amides is 1. The van der Waals surface area contributed by atoms with Gasteiger partial charge >= 0.3 is 6.18 Å². The van der Waals surface area contributed by atoms with Gasteiger partial charge in [-0.25, -0.2) is 4.39 Å². The monoisotopic (exact) mass is 374 g/mol. The number of halogens is 4. The topological polar surface area (TPSA) is 32.7 Å². The highest BCUT2D eigenvalue weighted by Crippen LogP contribution is 2.32. The molecule has 0 saturated carbocycles. The van der Waals surface area contributed by atoms with E-state index in [-0.39, 0.29) is 35.7 Å². The molecule has 27 heavy (non-hydrogen) atoms. The third-order valence-corrected chi connectivity index (χ3v) is 4.69. The number of carbonyl (C=O) groups is 1. The van der Waals surface area contributed by atoms with Crippen LogP contribution in [0.5, 0.6) is 0 Å². The molecule has 2 aliphatic heterocycles. The summed E-state index contributed by atoms with van der Waals surface area (Å²) < 4.78 is 53.6. The standard InChI is InChI=1S/C20H14F4N2O/c21-17-9-12(15-7-8-25-18(15)20(22,23)24)5-6-14(17)11-26-10-13-3-1-2-4-16(13)19(26)27/h1-7,9H,8,10-11H2. The van der Waals surface area contributed by atoms with Crippen molar-refractivity contribution in [3.05, 3.63) is 76.6 Å². The molecule has 0 aliphatic carbocycles. The van der Waals surface area contributed by atoms with E-state index < -0.39 is 17.7 Å². The number of nitrogens with zero attached hydrogens (tertiary/aromatic N) is 2. The summed E-state index contributed by atoms with van der Waals surface area (Å²) in [5, 5.41) is 0. The number of benzene rings is 2. The van der Waals surface area contributed by atoms with Crippen molar-refractivity contribution in [2.75, 3.05) is 6.54 Å². The van der Waals surface area contributed by atoms with Crippen LogP contribution < -0.4 is 0 Å². The van der Waals surface area contributed by atoms with Gasteiger partial charge in [-0.15, -0.1) is 0 Å². The van der Waals surface area contributed by atoms with Gasteiger partial charge in [-0.1, -0.05) is 36.4 Å². The molecule has 0 N–H and O–H groups in total. The Bertz CT molecular complexity index is 992. The minimum atomic E-state index is -4.58. The molecule has 2 aliphatic rings. The molecule has 2 heterocycles. The molecular weight excluding hydrogens is 360 g/mol. The van der Waals surface area contributed by atoms with E-state index >= 15 is 0 Å². The first kappa shape index (κ1) is 17.5. The van der Waals surface area contributed by atoms with Gasteiger partial charge in [0.2, 0.25) is 0 Å². The van der Waals surface area contributed by atoms with Gasteiger partial charge in [0.05, 0.1) is 6.54 Å². The zero-order chi connectivity index (χ0) is 19.2. The summed E-state index contributed by atoms with van der Waals surface area (Å²) in [6.45, 7) is 0.360. The van der Waals surface area contributed by atoms with Crippen molar-refractivity contribution >= 4 is 17.2 Å². The van der Waals surface area contributed by atoms with Crippen molar-refractivity contribution < 1.29 is 22.4 Å². The molecule has 0 unspecified atom stereocenters. The van der Waals surface area contributed by atoms with Crippen LogP contribution >= 0.6 is 0 Å². The Morgan fingerprint density at radius 1 is 1.11 bits per heavy atom. The van der Waals surface area contributed by atoms with Crippen LogP contribution in [0, 0.1) is 5.82 Å². The van der Waals surface area contributed by atoms with Gasteiger partial charge in [-0.05, 0) is 23.3 Å². The quantitative estimate of drug-likeness (QED) is 0.734. The van der Waals surface area contributed by atoms with Crippen molar-refractivity contribution in [3.63, 3.8) is 0 Å². The fourth-order valence-corrected chi connectivity index (χ4v) is 3.40. The minimum absolute atomic E-state index is 0.0545. The van der Waals surface area contributed by atoms with E-state index in [2.05, 4.69) is 4.99 Å². The van der Waals surface area contributed by atoms with Crippen molar-refractivity contribution in [3.8, 4) is 0 Å². The first-order chi connectivity index (χ1) is 12.8. The molecule has 0 spiro atoms. The van der Waals surface area contributed by atoms with Crippen LogP contribution in [0.1, 0.15) is 27.0 Å². The number of fused-ring (bicyclic) bond motifs is 1. The molecule has 1 amide bonds. The molecule has 3 nitrogen and oxygen atoms in total. The molecule has 7 heteroatoms. The molecule has 138 valence electrons. The van der Waals surface area contributed by atoms with Gasteiger partial charge in [0.25, 0.3) is 5.91 Å². The highest BCUT2D eigenvalue weighted by Gasteiger charge is 2.39. The second-order valence-electron chi connectivity index (χ2n) is 6.43. The number of alkyl halides is 3. The molecule has 0 saturated heterocycles. The van der Waals surface area contributed by atoms with Crippen LogP contribution in [-0.2, 0) is 13.1 Å². The van der Waals surface area contributed by atoms with E-state index in [0.717, 1.165) is 11.6 Å². The first-order valence-corrected chi connectivity index (χ1v) is 8.33. The Balaban J connectivity index is 1.56. The second kappa shape index (κ2) is 6.33. The predicted molar refractivity (Wildman–Crippen MR) is 92.8 cm³/mol. The van der Waals surface area contributed by atoms with Gasteiger partial charge in [0, 0.05) is 29.8 Å². The van der Waals surface area contributed by atoms with Crippen LogP contribution in [0.15, 0.2) is 53.5 Å². The number of allylic oxidation sites excluding steroid dienone is 1. The number of hydrogen-bond acceptors (Lipinski definition) is 2. The predicted octanol–water partition coefficient (Wildman–Crippen LogP) is 4.38. The fraction of sp³-hybridized carbons (Fsp3) is 0.200. The van der Waals surface area contributed by atoms with E-state index in [1.54, 1.807) is 12.1 Å². The molecule has 2 aromatic rings. The van der Waals surface area contributed by atoms with Gasteiger partial charge < -0.3 is 4.90 Å². The summed E-state index contributed by atoms with van der Waals surface area (Å²) in [5.41, 5.74) is 0.751. The lowest BCUT2D eigenvalue weighted by Crippen LogP contribution is -2.24.